The van der Waals surface area contributed by atoms with Gasteiger partial charge in [0.1, 0.15) is 17.3 Å². The molecule has 0 fully saturated rings. The Balaban J connectivity index is 2.26. The highest BCUT2D eigenvalue weighted by Gasteiger charge is 2.15. The van der Waals surface area contributed by atoms with Gasteiger partial charge in [0.15, 0.2) is 5.82 Å². The summed E-state index contributed by atoms with van der Waals surface area (Å²) in [7, 11) is -3.83. The van der Waals surface area contributed by atoms with Crippen molar-refractivity contribution in [2.75, 3.05) is 0 Å². The molecule has 1 heterocycles. The molecule has 6 nitrogen and oxygen atoms in total. The molecular weight excluding hydrogens is 266 g/mol. The van der Waals surface area contributed by atoms with Crippen LogP contribution < -0.4 is 9.88 Å². The lowest BCUT2D eigenvalue weighted by molar-refractivity contribution is 0.288. The van der Waals surface area contributed by atoms with Crippen molar-refractivity contribution < 1.29 is 13.2 Å². The standard InChI is InChI=1S/C12H13N3O3S/c1-9-3-4-10(11(7-9)19(13,16)17)18-8-12-14-5-2-6-15-12/h2-7H,8H2,1H3,(H2,13,16,17). The van der Waals surface area contributed by atoms with Crippen LogP contribution in [0.2, 0.25) is 0 Å². The first-order chi connectivity index (χ1) is 8.97. The van der Waals surface area contributed by atoms with E-state index in [1.54, 1.807) is 37.5 Å². The van der Waals surface area contributed by atoms with Gasteiger partial charge in [-0.05, 0) is 30.7 Å². The lowest BCUT2D eigenvalue weighted by Crippen LogP contribution is -2.14. The van der Waals surface area contributed by atoms with E-state index < -0.39 is 10.0 Å². The summed E-state index contributed by atoms with van der Waals surface area (Å²) in [5.41, 5.74) is 0.785. The van der Waals surface area contributed by atoms with Gasteiger partial charge in [0.25, 0.3) is 0 Å². The smallest absolute Gasteiger partial charge is 0.241 e. The van der Waals surface area contributed by atoms with Crippen LogP contribution in [0.4, 0.5) is 0 Å². The van der Waals surface area contributed by atoms with E-state index in [1.165, 1.54) is 6.07 Å². The van der Waals surface area contributed by atoms with Gasteiger partial charge in [-0.25, -0.2) is 23.5 Å². The van der Waals surface area contributed by atoms with Gasteiger partial charge < -0.3 is 4.74 Å². The number of primary sulfonamides is 1. The van der Waals surface area contributed by atoms with Crippen LogP contribution in [0.5, 0.6) is 5.75 Å². The molecule has 0 radical (unpaired) electrons. The second-order valence-electron chi connectivity index (χ2n) is 3.95. The molecule has 0 aliphatic heterocycles. The highest BCUT2D eigenvalue weighted by atomic mass is 32.2. The van der Waals surface area contributed by atoms with Crippen molar-refractivity contribution in [3.63, 3.8) is 0 Å². The summed E-state index contributed by atoms with van der Waals surface area (Å²) < 4.78 is 28.4. The van der Waals surface area contributed by atoms with Crippen LogP contribution in [0.3, 0.4) is 0 Å². The van der Waals surface area contributed by atoms with Crippen LogP contribution in [0.25, 0.3) is 0 Å². The Kier molecular flexibility index (Phi) is 3.77. The van der Waals surface area contributed by atoms with Crippen molar-refractivity contribution in [2.24, 2.45) is 5.14 Å². The molecule has 0 spiro atoms. The van der Waals surface area contributed by atoms with Gasteiger partial charge in [0, 0.05) is 12.4 Å². The van der Waals surface area contributed by atoms with E-state index in [0.29, 0.717) is 5.82 Å². The first kappa shape index (κ1) is 13.4. The molecule has 1 aromatic heterocycles. The predicted octanol–water partition coefficient (Wildman–Crippen LogP) is 1.01. The summed E-state index contributed by atoms with van der Waals surface area (Å²) in [6.07, 6.45) is 3.17. The zero-order chi connectivity index (χ0) is 13.9. The van der Waals surface area contributed by atoms with E-state index in [4.69, 9.17) is 9.88 Å². The van der Waals surface area contributed by atoms with Crippen LogP contribution >= 0.6 is 0 Å². The van der Waals surface area contributed by atoms with Gasteiger partial charge in [-0.2, -0.15) is 0 Å². The number of hydrogen-bond donors (Lipinski definition) is 1. The molecule has 0 aliphatic rings. The molecule has 0 saturated heterocycles. The third-order valence-electron chi connectivity index (χ3n) is 2.38. The van der Waals surface area contributed by atoms with Gasteiger partial charge in [-0.3, -0.25) is 0 Å². The molecule has 0 bridgehead atoms. The van der Waals surface area contributed by atoms with E-state index in [1.807, 2.05) is 0 Å². The minimum absolute atomic E-state index is 0.0385. The first-order valence-electron chi connectivity index (χ1n) is 5.49. The van der Waals surface area contributed by atoms with Crippen molar-refractivity contribution in [1.29, 1.82) is 0 Å². The van der Waals surface area contributed by atoms with E-state index in [-0.39, 0.29) is 17.3 Å². The number of hydrogen-bond acceptors (Lipinski definition) is 5. The Hall–Kier alpha value is -1.99. The van der Waals surface area contributed by atoms with Crippen molar-refractivity contribution in [3.8, 4) is 5.75 Å². The number of nitrogens with two attached hydrogens (primary N) is 1. The average molecular weight is 279 g/mol. The molecular formula is C12H13N3O3S. The number of aryl methyl sites for hydroxylation is 1. The van der Waals surface area contributed by atoms with Gasteiger partial charge in [-0.15, -0.1) is 0 Å². The average Bonchev–Trinajstić information content (AvgIpc) is 2.37. The molecule has 0 saturated carbocycles. The zero-order valence-electron chi connectivity index (χ0n) is 10.3. The number of sulfonamides is 1. The van der Waals surface area contributed by atoms with Gasteiger partial charge in [0.2, 0.25) is 10.0 Å². The Morgan fingerprint density at radius 3 is 2.58 bits per heavy atom. The first-order valence-corrected chi connectivity index (χ1v) is 7.03. The Bertz CT molecular complexity index is 672. The fraction of sp³-hybridized carbons (Fsp3) is 0.167. The number of rotatable bonds is 4. The highest BCUT2D eigenvalue weighted by Crippen LogP contribution is 2.24. The van der Waals surface area contributed by atoms with Crippen LogP contribution in [-0.4, -0.2) is 18.4 Å². The summed E-state index contributed by atoms with van der Waals surface area (Å²) in [6.45, 7) is 1.85. The lowest BCUT2D eigenvalue weighted by Gasteiger charge is -2.10. The molecule has 0 amide bonds. The summed E-state index contributed by atoms with van der Waals surface area (Å²) in [5.74, 6) is 0.656. The van der Waals surface area contributed by atoms with Crippen molar-refractivity contribution in [2.45, 2.75) is 18.4 Å². The Labute approximate surface area is 111 Å². The Morgan fingerprint density at radius 2 is 1.95 bits per heavy atom. The molecule has 1 aromatic carbocycles. The monoisotopic (exact) mass is 279 g/mol. The van der Waals surface area contributed by atoms with Crippen LogP contribution in [-0.2, 0) is 16.6 Å². The third-order valence-corrected chi connectivity index (χ3v) is 3.31. The second-order valence-corrected chi connectivity index (χ2v) is 5.48. The molecule has 0 atom stereocenters. The summed E-state index contributed by atoms with van der Waals surface area (Å²) in [4.78, 5) is 7.93. The lowest BCUT2D eigenvalue weighted by atomic mass is 10.2. The van der Waals surface area contributed by atoms with Crippen molar-refractivity contribution in [3.05, 3.63) is 48.0 Å². The maximum Gasteiger partial charge on any atom is 0.241 e. The van der Waals surface area contributed by atoms with Gasteiger partial charge >= 0.3 is 0 Å². The molecule has 0 aliphatic carbocycles. The second kappa shape index (κ2) is 5.33. The van der Waals surface area contributed by atoms with Gasteiger partial charge in [0.05, 0.1) is 0 Å². The summed E-state index contributed by atoms with van der Waals surface area (Å²) in [6, 6.07) is 6.47. The van der Waals surface area contributed by atoms with E-state index >= 15 is 0 Å². The number of aromatic nitrogens is 2. The third kappa shape index (κ3) is 3.49. The van der Waals surface area contributed by atoms with E-state index in [2.05, 4.69) is 9.97 Å². The van der Waals surface area contributed by atoms with Crippen LogP contribution in [0, 0.1) is 6.92 Å². The summed E-state index contributed by atoms with van der Waals surface area (Å²) in [5, 5.41) is 5.16. The molecule has 19 heavy (non-hydrogen) atoms. The quantitative estimate of drug-likeness (QED) is 0.901. The van der Waals surface area contributed by atoms with Crippen molar-refractivity contribution >= 4 is 10.0 Å². The molecule has 2 rings (SSSR count). The molecule has 2 N–H and O–H groups in total. The number of nitrogens with zero attached hydrogens (tertiary/aromatic N) is 2. The fourth-order valence-corrected chi connectivity index (χ4v) is 2.26. The topological polar surface area (TPSA) is 95.2 Å². The predicted molar refractivity (Wildman–Crippen MR) is 68.9 cm³/mol. The normalized spacial score (nSPS) is 11.3. The van der Waals surface area contributed by atoms with Crippen LogP contribution in [0.15, 0.2) is 41.6 Å². The van der Waals surface area contributed by atoms with E-state index in [0.717, 1.165) is 5.56 Å². The molecule has 0 unspecified atom stereocenters. The van der Waals surface area contributed by atoms with Gasteiger partial charge in [-0.1, -0.05) is 6.07 Å². The largest absolute Gasteiger partial charge is 0.484 e. The zero-order valence-corrected chi connectivity index (χ0v) is 11.1. The number of ether oxygens (including phenoxy) is 1. The minimum Gasteiger partial charge on any atom is -0.484 e. The minimum atomic E-state index is -3.83. The van der Waals surface area contributed by atoms with Crippen LogP contribution in [0.1, 0.15) is 11.4 Å². The molecule has 2 aromatic rings. The van der Waals surface area contributed by atoms with Crippen molar-refractivity contribution in [1.82, 2.24) is 9.97 Å². The maximum absolute atomic E-state index is 11.5. The summed E-state index contributed by atoms with van der Waals surface area (Å²) >= 11 is 0. The highest BCUT2D eigenvalue weighted by molar-refractivity contribution is 7.89. The molecule has 100 valence electrons. The SMILES string of the molecule is Cc1ccc(OCc2ncccn2)c(S(N)(=O)=O)c1. The van der Waals surface area contributed by atoms with E-state index in [9.17, 15) is 8.42 Å². The Morgan fingerprint density at radius 1 is 1.26 bits per heavy atom. The number of benzene rings is 1. The maximum atomic E-state index is 11.5. The fourth-order valence-electron chi connectivity index (χ4n) is 1.50. The molecule has 7 heteroatoms.